The molecule has 0 aromatic carbocycles. The van der Waals surface area contributed by atoms with E-state index in [9.17, 15) is 9.59 Å². The number of nitrogens with two attached hydrogens (primary N) is 1. The Bertz CT molecular complexity index is 453. The Hall–Kier alpha value is -2.05. The maximum atomic E-state index is 11.5. The number of carbonyl (C=O) groups is 2. The molecule has 7 nitrogen and oxygen atoms in total. The number of aromatic nitrogens is 2. The molecule has 0 spiro atoms. The summed E-state index contributed by atoms with van der Waals surface area (Å²) in [6, 6.07) is -0.449. The first-order valence-corrected chi connectivity index (χ1v) is 4.88. The van der Waals surface area contributed by atoms with Gasteiger partial charge in [-0.25, -0.2) is 0 Å². The SMILES string of the molecule is CC1C(=O)NC(=O)CN1c1nn(C)cc1N. The molecule has 1 aromatic heterocycles. The zero-order valence-corrected chi connectivity index (χ0v) is 9.10. The van der Waals surface area contributed by atoms with Gasteiger partial charge in [0.25, 0.3) is 0 Å². The van der Waals surface area contributed by atoms with Crippen molar-refractivity contribution in [2.45, 2.75) is 13.0 Å². The standard InChI is InChI=1S/C9H13N5O2/c1-5-9(16)11-7(15)4-14(5)8-6(10)3-13(2)12-8/h3,5H,4,10H2,1-2H3,(H,11,15,16). The minimum atomic E-state index is -0.449. The number of piperazine rings is 1. The van der Waals surface area contributed by atoms with Gasteiger partial charge in [-0.15, -0.1) is 0 Å². The Balaban J connectivity index is 2.35. The van der Waals surface area contributed by atoms with Crippen molar-refractivity contribution in [2.24, 2.45) is 7.05 Å². The van der Waals surface area contributed by atoms with Gasteiger partial charge in [0.05, 0.1) is 12.2 Å². The monoisotopic (exact) mass is 223 g/mol. The van der Waals surface area contributed by atoms with Crippen LogP contribution in [0.3, 0.4) is 0 Å². The van der Waals surface area contributed by atoms with Gasteiger partial charge in [0.15, 0.2) is 5.82 Å². The van der Waals surface area contributed by atoms with E-state index in [2.05, 4.69) is 10.4 Å². The predicted molar refractivity (Wildman–Crippen MR) is 57.6 cm³/mol. The lowest BCUT2D eigenvalue weighted by Crippen LogP contribution is -2.57. The van der Waals surface area contributed by atoms with Crippen molar-refractivity contribution in [1.82, 2.24) is 15.1 Å². The summed E-state index contributed by atoms with van der Waals surface area (Å²) in [4.78, 5) is 24.3. The Kier molecular flexibility index (Phi) is 2.30. The van der Waals surface area contributed by atoms with Gasteiger partial charge < -0.3 is 10.6 Å². The summed E-state index contributed by atoms with van der Waals surface area (Å²) in [5.74, 6) is -0.201. The topological polar surface area (TPSA) is 93.2 Å². The molecule has 2 heterocycles. The Morgan fingerprint density at radius 2 is 2.25 bits per heavy atom. The molecule has 3 N–H and O–H groups in total. The summed E-state index contributed by atoms with van der Waals surface area (Å²) in [6.07, 6.45) is 1.64. The minimum Gasteiger partial charge on any atom is -0.394 e. The van der Waals surface area contributed by atoms with Gasteiger partial charge in [0, 0.05) is 13.2 Å². The van der Waals surface area contributed by atoms with Crippen LogP contribution in [-0.4, -0.2) is 34.2 Å². The van der Waals surface area contributed by atoms with E-state index in [1.165, 1.54) is 0 Å². The van der Waals surface area contributed by atoms with E-state index in [4.69, 9.17) is 5.73 Å². The average Bonchev–Trinajstić information content (AvgIpc) is 2.51. The van der Waals surface area contributed by atoms with Crippen LogP contribution in [-0.2, 0) is 16.6 Å². The molecule has 2 rings (SSSR count). The Morgan fingerprint density at radius 1 is 1.56 bits per heavy atom. The third-order valence-electron chi connectivity index (χ3n) is 2.53. The van der Waals surface area contributed by atoms with Crippen molar-refractivity contribution in [3.8, 4) is 0 Å². The second kappa shape index (κ2) is 3.51. The van der Waals surface area contributed by atoms with E-state index in [0.29, 0.717) is 11.5 Å². The van der Waals surface area contributed by atoms with E-state index in [0.717, 1.165) is 0 Å². The molecule has 1 aliphatic rings. The highest BCUT2D eigenvalue weighted by Gasteiger charge is 2.32. The van der Waals surface area contributed by atoms with Crippen LogP contribution < -0.4 is 16.0 Å². The largest absolute Gasteiger partial charge is 0.394 e. The first-order chi connectivity index (χ1) is 7.49. The highest BCUT2D eigenvalue weighted by atomic mass is 16.2. The van der Waals surface area contributed by atoms with E-state index in [1.54, 1.807) is 29.7 Å². The van der Waals surface area contributed by atoms with Crippen LogP contribution in [0.1, 0.15) is 6.92 Å². The lowest BCUT2D eigenvalue weighted by Gasteiger charge is -2.31. The molecule has 0 aliphatic carbocycles. The third-order valence-corrected chi connectivity index (χ3v) is 2.53. The molecule has 0 radical (unpaired) electrons. The van der Waals surface area contributed by atoms with Gasteiger partial charge in [-0.2, -0.15) is 5.10 Å². The molecular formula is C9H13N5O2. The summed E-state index contributed by atoms with van der Waals surface area (Å²) in [6.45, 7) is 1.80. The number of imide groups is 1. The molecule has 1 saturated heterocycles. The molecule has 7 heteroatoms. The second-order valence-electron chi connectivity index (χ2n) is 3.80. The van der Waals surface area contributed by atoms with E-state index in [1.807, 2.05) is 0 Å². The van der Waals surface area contributed by atoms with Crippen LogP contribution in [0.4, 0.5) is 11.5 Å². The molecule has 16 heavy (non-hydrogen) atoms. The van der Waals surface area contributed by atoms with Crippen LogP contribution in [0.25, 0.3) is 0 Å². The van der Waals surface area contributed by atoms with E-state index in [-0.39, 0.29) is 18.4 Å². The van der Waals surface area contributed by atoms with Gasteiger partial charge in [-0.3, -0.25) is 19.6 Å². The summed E-state index contributed by atoms with van der Waals surface area (Å²) in [5, 5.41) is 6.40. The molecule has 1 aliphatic heterocycles. The number of carbonyl (C=O) groups excluding carboxylic acids is 2. The predicted octanol–water partition coefficient (Wildman–Crippen LogP) is -1.15. The molecule has 2 amide bonds. The summed E-state index contributed by atoms with van der Waals surface area (Å²) >= 11 is 0. The van der Waals surface area contributed by atoms with Crippen molar-refractivity contribution in [1.29, 1.82) is 0 Å². The van der Waals surface area contributed by atoms with Gasteiger partial charge in [0.1, 0.15) is 6.04 Å². The van der Waals surface area contributed by atoms with Crippen molar-refractivity contribution in [3.05, 3.63) is 6.20 Å². The third kappa shape index (κ3) is 1.60. The van der Waals surface area contributed by atoms with E-state index >= 15 is 0 Å². The van der Waals surface area contributed by atoms with Crippen LogP contribution >= 0.6 is 0 Å². The second-order valence-corrected chi connectivity index (χ2v) is 3.80. The maximum Gasteiger partial charge on any atom is 0.249 e. The zero-order chi connectivity index (χ0) is 11.9. The number of nitrogens with one attached hydrogen (secondary N) is 1. The number of amides is 2. The van der Waals surface area contributed by atoms with Gasteiger partial charge in [-0.1, -0.05) is 0 Å². The Morgan fingerprint density at radius 3 is 2.81 bits per heavy atom. The van der Waals surface area contributed by atoms with Crippen LogP contribution in [0.15, 0.2) is 6.20 Å². The summed E-state index contributed by atoms with van der Waals surface area (Å²) in [5.41, 5.74) is 6.21. The molecule has 0 saturated carbocycles. The Labute approximate surface area is 92.2 Å². The van der Waals surface area contributed by atoms with Gasteiger partial charge >= 0.3 is 0 Å². The van der Waals surface area contributed by atoms with Gasteiger partial charge in [-0.05, 0) is 6.92 Å². The molecule has 86 valence electrons. The number of hydrogen-bond acceptors (Lipinski definition) is 5. The number of anilines is 2. The molecule has 1 atom stereocenters. The molecule has 1 fully saturated rings. The van der Waals surface area contributed by atoms with Crippen molar-refractivity contribution >= 4 is 23.3 Å². The fraction of sp³-hybridized carbons (Fsp3) is 0.444. The fourth-order valence-electron chi connectivity index (χ4n) is 1.69. The number of nitrogen functional groups attached to an aromatic ring is 1. The van der Waals surface area contributed by atoms with Crippen molar-refractivity contribution in [2.75, 3.05) is 17.2 Å². The average molecular weight is 223 g/mol. The minimum absolute atomic E-state index is 0.0914. The number of hydrogen-bond donors (Lipinski definition) is 2. The van der Waals surface area contributed by atoms with Crippen molar-refractivity contribution in [3.63, 3.8) is 0 Å². The van der Waals surface area contributed by atoms with Crippen LogP contribution in [0.5, 0.6) is 0 Å². The quantitative estimate of drug-likeness (QED) is 0.587. The molecule has 0 bridgehead atoms. The van der Waals surface area contributed by atoms with Gasteiger partial charge in [0.2, 0.25) is 11.8 Å². The smallest absolute Gasteiger partial charge is 0.249 e. The normalized spacial score (nSPS) is 21.1. The maximum absolute atomic E-state index is 11.5. The highest BCUT2D eigenvalue weighted by molar-refractivity contribution is 6.04. The molecule has 1 unspecified atom stereocenters. The lowest BCUT2D eigenvalue weighted by molar-refractivity contribution is -0.132. The van der Waals surface area contributed by atoms with E-state index < -0.39 is 6.04 Å². The summed E-state index contributed by atoms with van der Waals surface area (Å²) < 4.78 is 1.55. The molecule has 1 aromatic rings. The first-order valence-electron chi connectivity index (χ1n) is 4.88. The number of aryl methyl sites for hydroxylation is 1. The number of nitrogens with zero attached hydrogens (tertiary/aromatic N) is 3. The fourth-order valence-corrected chi connectivity index (χ4v) is 1.69. The first kappa shape index (κ1) is 10.5. The lowest BCUT2D eigenvalue weighted by atomic mass is 10.2. The zero-order valence-electron chi connectivity index (χ0n) is 9.10. The highest BCUT2D eigenvalue weighted by Crippen LogP contribution is 2.23. The van der Waals surface area contributed by atoms with Crippen LogP contribution in [0.2, 0.25) is 0 Å². The van der Waals surface area contributed by atoms with Crippen LogP contribution in [0, 0.1) is 0 Å². The summed E-state index contributed by atoms with van der Waals surface area (Å²) in [7, 11) is 1.73. The number of rotatable bonds is 1. The van der Waals surface area contributed by atoms with Crippen molar-refractivity contribution < 1.29 is 9.59 Å². The molecular weight excluding hydrogens is 210 g/mol.